The van der Waals surface area contributed by atoms with E-state index in [0.29, 0.717) is 18.4 Å². The van der Waals surface area contributed by atoms with Crippen molar-refractivity contribution in [3.8, 4) is 0 Å². The van der Waals surface area contributed by atoms with E-state index in [1.165, 1.54) is 10.4 Å². The lowest BCUT2D eigenvalue weighted by Gasteiger charge is -2.45. The largest absolute Gasteiger partial charge is 0.402 e. The molecule has 0 unspecified atom stereocenters. The van der Waals surface area contributed by atoms with Crippen molar-refractivity contribution >= 4 is 18.7 Å². The molecule has 8 atom stereocenters. The van der Waals surface area contributed by atoms with Crippen molar-refractivity contribution in [1.29, 1.82) is 0 Å². The Kier molecular flexibility index (Phi) is 12.7. The molecule has 1 N–H and O–H groups in total. The SMILES string of the molecule is CC[C@H](C)[C@H]1OC[C@H](O)[C@H]1N=[N+]=[N-].CC[C@H](C)[C@H]1OC[C@H](O[Si](c2ccccc2)(c2ccccc2)C(C)(C)C)[C@H]1N=[N+]=[N-]. The highest BCUT2D eigenvalue weighted by Gasteiger charge is 2.54. The van der Waals surface area contributed by atoms with Gasteiger partial charge < -0.3 is 19.0 Å². The van der Waals surface area contributed by atoms with E-state index >= 15 is 0 Å². The van der Waals surface area contributed by atoms with Gasteiger partial charge in [0.2, 0.25) is 0 Å². The molecule has 234 valence electrons. The summed E-state index contributed by atoms with van der Waals surface area (Å²) in [5.41, 5.74) is 17.6. The van der Waals surface area contributed by atoms with Crippen molar-refractivity contribution in [3.63, 3.8) is 0 Å². The molecule has 11 heteroatoms. The molecule has 2 saturated heterocycles. The predicted molar refractivity (Wildman–Crippen MR) is 173 cm³/mol. The van der Waals surface area contributed by atoms with Gasteiger partial charge in [0.25, 0.3) is 8.32 Å². The lowest BCUT2D eigenvalue weighted by Crippen LogP contribution is -2.68. The number of hydrogen-bond acceptors (Lipinski definition) is 6. The molecule has 0 aromatic heterocycles. The molecule has 0 spiro atoms. The van der Waals surface area contributed by atoms with Gasteiger partial charge in [0, 0.05) is 9.82 Å². The quantitative estimate of drug-likeness (QED) is 0.141. The van der Waals surface area contributed by atoms with E-state index in [1.54, 1.807) is 0 Å². The number of aliphatic hydroxyl groups excluding tert-OH is 1. The van der Waals surface area contributed by atoms with Crippen molar-refractivity contribution in [3.05, 3.63) is 81.5 Å². The molecule has 2 aliphatic heterocycles. The second kappa shape index (κ2) is 15.7. The van der Waals surface area contributed by atoms with Gasteiger partial charge in [-0.15, -0.1) is 0 Å². The first kappa shape index (κ1) is 34.6. The summed E-state index contributed by atoms with van der Waals surface area (Å²) in [4.78, 5) is 5.87. The zero-order valence-corrected chi connectivity index (χ0v) is 27.6. The fourth-order valence-corrected chi connectivity index (χ4v) is 10.8. The Balaban J connectivity index is 0.000000326. The fourth-order valence-electron chi connectivity index (χ4n) is 6.13. The minimum absolute atomic E-state index is 0.117. The van der Waals surface area contributed by atoms with E-state index in [1.807, 2.05) is 26.0 Å². The van der Waals surface area contributed by atoms with Crippen molar-refractivity contribution in [2.24, 2.45) is 22.1 Å². The minimum Gasteiger partial charge on any atom is -0.402 e. The third-order valence-corrected chi connectivity index (χ3v) is 13.9. The first-order chi connectivity index (χ1) is 20.5. The van der Waals surface area contributed by atoms with Crippen molar-refractivity contribution in [1.82, 2.24) is 0 Å². The third kappa shape index (κ3) is 7.80. The van der Waals surface area contributed by atoms with Gasteiger partial charge in [-0.25, -0.2) is 0 Å². The van der Waals surface area contributed by atoms with Gasteiger partial charge in [-0.05, 0) is 38.3 Å². The second-order valence-corrected chi connectivity index (χ2v) is 16.9. The molecule has 2 fully saturated rings. The van der Waals surface area contributed by atoms with Crippen molar-refractivity contribution < 1.29 is 19.0 Å². The Morgan fingerprint density at radius 2 is 1.28 bits per heavy atom. The Hall–Kier alpha value is -2.88. The van der Waals surface area contributed by atoms with Crippen LogP contribution < -0.4 is 10.4 Å². The van der Waals surface area contributed by atoms with Crippen LogP contribution in [-0.4, -0.2) is 63.1 Å². The summed E-state index contributed by atoms with van der Waals surface area (Å²) in [5, 5.41) is 19.5. The van der Waals surface area contributed by atoms with Gasteiger partial charge in [-0.3, -0.25) is 0 Å². The third-order valence-electron chi connectivity index (χ3n) is 8.89. The molecule has 0 bridgehead atoms. The van der Waals surface area contributed by atoms with Gasteiger partial charge in [-0.2, -0.15) is 0 Å². The van der Waals surface area contributed by atoms with E-state index in [-0.39, 0.29) is 36.0 Å². The summed E-state index contributed by atoms with van der Waals surface area (Å²) >= 11 is 0. The lowest BCUT2D eigenvalue weighted by atomic mass is 9.95. The molecule has 0 aliphatic carbocycles. The van der Waals surface area contributed by atoms with E-state index in [2.05, 4.69) is 103 Å². The van der Waals surface area contributed by atoms with Crippen LogP contribution >= 0.6 is 0 Å². The van der Waals surface area contributed by atoms with E-state index in [9.17, 15) is 10.6 Å². The van der Waals surface area contributed by atoms with Gasteiger partial charge in [0.15, 0.2) is 0 Å². The van der Waals surface area contributed by atoms with Gasteiger partial charge in [-0.1, -0.05) is 132 Å². The summed E-state index contributed by atoms with van der Waals surface area (Å²) in [6.07, 6.45) is 0.759. The van der Waals surface area contributed by atoms with Crippen molar-refractivity contribution in [2.75, 3.05) is 13.2 Å². The standard InChI is InChI=1S/C24H33N3O2Si.C8H15N3O2/c1-6-18(2)23-22(26-27-25)21(17-28-23)29-30(24(3,4)5,19-13-9-7-10-14-19)20-15-11-8-12-16-20;1-3-5(2)8-7(10-11-9)6(12)4-13-8/h7-16,18,21-23H,6,17H2,1-5H3;5-8,12H,3-4H2,1-2H3/t18-,21-,22+,23+;5-,6-,7+,8+/m00/s1. The van der Waals surface area contributed by atoms with Crippen LogP contribution in [0.25, 0.3) is 20.9 Å². The van der Waals surface area contributed by atoms with Gasteiger partial charge >= 0.3 is 0 Å². The molecule has 4 rings (SSSR count). The van der Waals surface area contributed by atoms with Gasteiger partial charge in [0.05, 0.1) is 49.7 Å². The molecule has 2 heterocycles. The number of benzene rings is 2. The highest BCUT2D eigenvalue weighted by Crippen LogP contribution is 2.40. The van der Waals surface area contributed by atoms with Crippen LogP contribution in [0.15, 0.2) is 70.9 Å². The molecule has 10 nitrogen and oxygen atoms in total. The second-order valence-electron chi connectivity index (χ2n) is 12.6. The number of azide groups is 2. The number of aliphatic hydroxyl groups is 1. The first-order valence-corrected chi connectivity index (χ1v) is 17.2. The molecular formula is C32H48N6O4Si. The molecular weight excluding hydrogens is 560 g/mol. The highest BCUT2D eigenvalue weighted by molar-refractivity contribution is 6.99. The Bertz CT molecular complexity index is 1190. The molecule has 2 aromatic rings. The average molecular weight is 609 g/mol. The summed E-state index contributed by atoms with van der Waals surface area (Å²) < 4.78 is 18.7. The van der Waals surface area contributed by atoms with Crippen LogP contribution in [-0.2, 0) is 13.9 Å². The average Bonchev–Trinajstić information content (AvgIpc) is 3.58. The maximum absolute atomic E-state index is 9.45. The number of ether oxygens (including phenoxy) is 2. The zero-order chi connectivity index (χ0) is 31.6. The topological polar surface area (TPSA) is 145 Å². The number of rotatable bonds is 10. The fraction of sp³-hybridized carbons (Fsp3) is 0.625. The van der Waals surface area contributed by atoms with Crippen LogP contribution in [0.5, 0.6) is 0 Å². The number of nitrogens with zero attached hydrogens (tertiary/aromatic N) is 6. The monoisotopic (exact) mass is 608 g/mol. The summed E-state index contributed by atoms with van der Waals surface area (Å²) in [5.74, 6) is 0.612. The molecule has 0 saturated carbocycles. The zero-order valence-electron chi connectivity index (χ0n) is 26.6. The summed E-state index contributed by atoms with van der Waals surface area (Å²) in [6.45, 7) is 15.8. The van der Waals surface area contributed by atoms with Gasteiger partial charge in [0.1, 0.15) is 0 Å². The van der Waals surface area contributed by atoms with Crippen molar-refractivity contribution in [2.45, 2.75) is 103 Å². The van der Waals surface area contributed by atoms with E-state index < -0.39 is 20.5 Å². The Labute approximate surface area is 257 Å². The van der Waals surface area contributed by atoms with Crippen LogP contribution in [0.2, 0.25) is 5.04 Å². The minimum atomic E-state index is -2.72. The molecule has 0 amide bonds. The normalized spacial score (nSPS) is 26.8. The first-order valence-electron chi connectivity index (χ1n) is 15.3. The molecule has 2 aromatic carbocycles. The summed E-state index contributed by atoms with van der Waals surface area (Å²) in [7, 11) is -2.72. The number of hydrogen-bond donors (Lipinski definition) is 1. The van der Waals surface area contributed by atoms with Crippen LogP contribution in [0, 0.1) is 11.8 Å². The van der Waals surface area contributed by atoms with Crippen LogP contribution in [0.4, 0.5) is 0 Å². The highest BCUT2D eigenvalue weighted by atomic mass is 28.4. The maximum atomic E-state index is 9.45. The Morgan fingerprint density at radius 3 is 1.72 bits per heavy atom. The van der Waals surface area contributed by atoms with E-state index in [0.717, 1.165) is 12.8 Å². The van der Waals surface area contributed by atoms with Crippen LogP contribution in [0.1, 0.15) is 61.3 Å². The van der Waals surface area contributed by atoms with Crippen LogP contribution in [0.3, 0.4) is 0 Å². The lowest BCUT2D eigenvalue weighted by molar-refractivity contribution is 0.0552. The molecule has 2 aliphatic rings. The Morgan fingerprint density at radius 1 is 0.837 bits per heavy atom. The molecule has 0 radical (unpaired) electrons. The predicted octanol–water partition coefficient (Wildman–Crippen LogP) is 6.53. The molecule has 43 heavy (non-hydrogen) atoms. The van der Waals surface area contributed by atoms with E-state index in [4.69, 9.17) is 19.4 Å². The smallest absolute Gasteiger partial charge is 0.261 e. The summed E-state index contributed by atoms with van der Waals surface area (Å²) in [6, 6.07) is 20.3. The maximum Gasteiger partial charge on any atom is 0.261 e.